The van der Waals surface area contributed by atoms with Gasteiger partial charge in [-0.15, -0.1) is 0 Å². The van der Waals surface area contributed by atoms with Crippen LogP contribution in [0.2, 0.25) is 0 Å². The summed E-state index contributed by atoms with van der Waals surface area (Å²) in [6, 6.07) is 2.53. The number of carbonyl (C=O) groups excluding carboxylic acids is 3. The van der Waals surface area contributed by atoms with E-state index >= 15 is 4.39 Å². The number of hydrogen-bond donors (Lipinski definition) is 1. The van der Waals surface area contributed by atoms with Gasteiger partial charge in [-0.3, -0.25) is 9.59 Å². The molecule has 1 N–H and O–H groups in total. The van der Waals surface area contributed by atoms with Crippen molar-refractivity contribution < 1.29 is 47.3 Å². The molecule has 9 atom stereocenters. The van der Waals surface area contributed by atoms with Gasteiger partial charge in [-0.1, -0.05) is 19.9 Å². The van der Waals surface area contributed by atoms with Crippen LogP contribution >= 0.6 is 0 Å². The van der Waals surface area contributed by atoms with Gasteiger partial charge in [0, 0.05) is 29.7 Å². The summed E-state index contributed by atoms with van der Waals surface area (Å²) in [5.41, 5.74) is -4.16. The number of aliphatic carboxylic acids is 1. The highest BCUT2D eigenvalue weighted by molar-refractivity contribution is 6.01. The highest BCUT2D eigenvalue weighted by atomic mass is 19.1. The number of furan rings is 1. The number of halogens is 1. The highest BCUT2D eigenvalue weighted by Crippen LogP contribution is 2.77. The summed E-state index contributed by atoms with van der Waals surface area (Å²) in [5, 5.41) is 10.6. The molecule has 6 rings (SSSR count). The van der Waals surface area contributed by atoms with Crippen molar-refractivity contribution in [1.82, 2.24) is 0 Å². The van der Waals surface area contributed by atoms with Gasteiger partial charge in [-0.25, -0.2) is 14.0 Å². The molecular weight excluding hydrogens is 499 g/mol. The first-order chi connectivity index (χ1) is 17.8. The third-order valence-electron chi connectivity index (χ3n) is 10.1. The first kappa shape index (κ1) is 25.0. The maximum absolute atomic E-state index is 15.7. The zero-order chi connectivity index (χ0) is 27.4. The van der Waals surface area contributed by atoms with Crippen molar-refractivity contribution >= 4 is 23.7 Å². The number of allylic oxidation sites excluding steroid dienone is 2. The molecule has 0 bridgehead atoms. The van der Waals surface area contributed by atoms with Crippen molar-refractivity contribution in [1.29, 1.82) is 0 Å². The Morgan fingerprint density at radius 3 is 2.58 bits per heavy atom. The zero-order valence-electron chi connectivity index (χ0n) is 21.5. The Hall–Kier alpha value is -3.27. The minimum Gasteiger partial charge on any atom is -0.478 e. The van der Waals surface area contributed by atoms with Crippen molar-refractivity contribution in [2.24, 2.45) is 28.6 Å². The lowest BCUT2D eigenvalue weighted by Crippen LogP contribution is -2.64. The summed E-state index contributed by atoms with van der Waals surface area (Å²) < 4.78 is 38.1. The average molecular weight is 529 g/mol. The van der Waals surface area contributed by atoms with Gasteiger partial charge in [0.25, 0.3) is 5.95 Å². The molecule has 4 fully saturated rings. The van der Waals surface area contributed by atoms with Gasteiger partial charge >= 0.3 is 17.9 Å². The quantitative estimate of drug-likeness (QED) is 0.457. The smallest absolute Gasteiger partial charge is 0.375 e. The number of carboxylic acids is 1. The summed E-state index contributed by atoms with van der Waals surface area (Å²) in [6.45, 7) is 6.60. The van der Waals surface area contributed by atoms with Crippen LogP contribution < -0.4 is 4.74 Å². The maximum Gasteiger partial charge on any atom is 0.375 e. The second-order valence-electron chi connectivity index (χ2n) is 11.8. The van der Waals surface area contributed by atoms with Gasteiger partial charge in [-0.2, -0.15) is 0 Å². The van der Waals surface area contributed by atoms with E-state index in [4.69, 9.17) is 18.6 Å². The molecule has 1 spiro atoms. The second-order valence-corrected chi connectivity index (χ2v) is 11.8. The Morgan fingerprint density at radius 2 is 1.89 bits per heavy atom. The lowest BCUT2D eigenvalue weighted by molar-refractivity contribution is -0.185. The van der Waals surface area contributed by atoms with Crippen LogP contribution in [-0.4, -0.2) is 52.3 Å². The predicted octanol–water partition coefficient (Wildman–Crippen LogP) is 3.82. The van der Waals surface area contributed by atoms with Crippen LogP contribution in [0.15, 0.2) is 40.4 Å². The van der Waals surface area contributed by atoms with E-state index in [1.807, 2.05) is 6.92 Å². The van der Waals surface area contributed by atoms with Crippen LogP contribution in [0.3, 0.4) is 0 Å². The van der Waals surface area contributed by atoms with Crippen LogP contribution in [0.5, 0.6) is 5.95 Å². The lowest BCUT2D eigenvalue weighted by atomic mass is 9.46. The number of esters is 2. The molecule has 2 heterocycles. The summed E-state index contributed by atoms with van der Waals surface area (Å²) in [5.74, 6) is -4.95. The second kappa shape index (κ2) is 7.65. The van der Waals surface area contributed by atoms with E-state index in [0.29, 0.717) is 12.0 Å². The van der Waals surface area contributed by atoms with E-state index in [1.54, 1.807) is 19.9 Å². The average Bonchev–Trinajstić information content (AvgIpc) is 3.28. The van der Waals surface area contributed by atoms with Gasteiger partial charge in [0.15, 0.2) is 5.78 Å². The number of rotatable bonds is 4. The van der Waals surface area contributed by atoms with Crippen molar-refractivity contribution in [2.45, 2.75) is 70.4 Å². The fourth-order valence-corrected chi connectivity index (χ4v) is 8.50. The Balaban J connectivity index is 1.38. The maximum atomic E-state index is 15.7. The molecule has 1 aromatic rings. The molecule has 2 unspecified atom stereocenters. The Labute approximate surface area is 218 Å². The monoisotopic (exact) mass is 528 g/mol. The van der Waals surface area contributed by atoms with Crippen molar-refractivity contribution in [3.63, 3.8) is 0 Å². The van der Waals surface area contributed by atoms with Gasteiger partial charge in [0.05, 0.1) is 6.10 Å². The van der Waals surface area contributed by atoms with E-state index in [2.05, 4.69) is 0 Å². The normalized spacial score (nSPS) is 44.2. The van der Waals surface area contributed by atoms with Crippen molar-refractivity contribution in [3.8, 4) is 5.95 Å². The number of epoxide rings is 1. The first-order valence-corrected chi connectivity index (χ1v) is 12.8. The number of ether oxygens (including phenoxy) is 3. The summed E-state index contributed by atoms with van der Waals surface area (Å²) in [6.07, 6.45) is 3.57. The Kier molecular flexibility index (Phi) is 5.04. The molecule has 1 saturated heterocycles. The SMILES string of the molecule is CC(=O)Oc1ccc(C(=O)O[C@]2(C(=O)O)[C@H](C)CC3C4C[C@H](F)C5=CC(=O)C=C[C@]5(C)[C@@]45O[C@H]5C[C@@]32C)o1. The number of hydrogen-bond acceptors (Lipinski definition) is 8. The van der Waals surface area contributed by atoms with Crippen LogP contribution in [-0.2, 0) is 23.9 Å². The van der Waals surface area contributed by atoms with E-state index < -0.39 is 58.1 Å². The van der Waals surface area contributed by atoms with E-state index in [-0.39, 0.29) is 42.2 Å². The predicted molar refractivity (Wildman–Crippen MR) is 127 cm³/mol. The third kappa shape index (κ3) is 2.89. The zero-order valence-corrected chi connectivity index (χ0v) is 21.5. The molecule has 0 amide bonds. The molecule has 0 aromatic carbocycles. The van der Waals surface area contributed by atoms with E-state index in [1.165, 1.54) is 31.2 Å². The molecule has 10 heteroatoms. The fraction of sp³-hybridized carbons (Fsp3) is 0.571. The van der Waals surface area contributed by atoms with Crippen molar-refractivity contribution in [3.05, 3.63) is 41.7 Å². The fourth-order valence-electron chi connectivity index (χ4n) is 8.50. The molecule has 4 aliphatic carbocycles. The van der Waals surface area contributed by atoms with E-state index in [9.17, 15) is 24.3 Å². The molecule has 3 saturated carbocycles. The largest absolute Gasteiger partial charge is 0.478 e. The molecule has 38 heavy (non-hydrogen) atoms. The van der Waals surface area contributed by atoms with Crippen LogP contribution in [0.4, 0.5) is 4.39 Å². The number of alkyl halides is 1. The Bertz CT molecular complexity index is 1340. The summed E-state index contributed by atoms with van der Waals surface area (Å²) in [4.78, 5) is 49.5. The number of carboxylic acid groups (broad SMARTS) is 1. The molecule has 202 valence electrons. The van der Waals surface area contributed by atoms with Gasteiger partial charge in [-0.05, 0) is 61.8 Å². The topological polar surface area (TPSA) is 133 Å². The van der Waals surface area contributed by atoms with Crippen LogP contribution in [0, 0.1) is 28.6 Å². The first-order valence-electron chi connectivity index (χ1n) is 12.8. The van der Waals surface area contributed by atoms with E-state index in [0.717, 1.165) is 0 Å². The minimum absolute atomic E-state index is 0.0968. The standard InChI is InChI=1S/C28H29FO9/c1-13-9-16-17-11-19(29)18-10-15(31)7-8-25(18,3)28(17)21(37-28)12-26(16,4)27(13,24(33)34)38-23(32)20-5-6-22(36-20)35-14(2)30/h5-8,10,13,16-17,19,21H,9,11-12H2,1-4H3,(H,33,34)/t13-,16?,17?,19+,21+,25+,26+,27+,28-/m1/s1. The van der Waals surface area contributed by atoms with Crippen molar-refractivity contribution in [2.75, 3.05) is 0 Å². The molecular formula is C28H29FO9. The number of ketones is 1. The van der Waals surface area contributed by atoms with Gasteiger partial charge in [0.2, 0.25) is 11.4 Å². The molecule has 0 radical (unpaired) electrons. The number of fused-ring (bicyclic) bond motifs is 3. The molecule has 5 aliphatic rings. The molecule has 1 aromatic heterocycles. The molecule has 1 aliphatic heterocycles. The lowest BCUT2D eigenvalue weighted by Gasteiger charge is -2.56. The third-order valence-corrected chi connectivity index (χ3v) is 10.1. The molecule has 9 nitrogen and oxygen atoms in total. The summed E-state index contributed by atoms with van der Waals surface area (Å²) >= 11 is 0. The highest BCUT2D eigenvalue weighted by Gasteiger charge is 2.84. The minimum atomic E-state index is -1.93. The number of carbonyl (C=O) groups is 4. The van der Waals surface area contributed by atoms with Crippen LogP contribution in [0.1, 0.15) is 57.5 Å². The Morgan fingerprint density at radius 1 is 1.16 bits per heavy atom. The van der Waals surface area contributed by atoms with Gasteiger partial charge < -0.3 is 23.7 Å². The van der Waals surface area contributed by atoms with Gasteiger partial charge in [0.1, 0.15) is 11.8 Å². The van der Waals surface area contributed by atoms with Crippen LogP contribution in [0.25, 0.3) is 0 Å². The summed E-state index contributed by atoms with van der Waals surface area (Å²) in [7, 11) is 0.